The highest BCUT2D eigenvalue weighted by Gasteiger charge is 3.09. The van der Waals surface area contributed by atoms with Crippen LogP contribution in [0.1, 0.15) is 13.8 Å². The quantitative estimate of drug-likeness (QED) is 0.324. The molecule has 3 aliphatic heterocycles. The van der Waals surface area contributed by atoms with Crippen LogP contribution in [0, 0.1) is 0 Å². The summed E-state index contributed by atoms with van der Waals surface area (Å²) in [6.07, 6.45) is 0. The Hall–Kier alpha value is -0.0800. The summed E-state index contributed by atoms with van der Waals surface area (Å²) in [6, 6.07) is 0. The molecular formula is C6H10NO+. The van der Waals surface area contributed by atoms with Crippen LogP contribution in [0.4, 0.5) is 0 Å². The third-order valence-electron chi connectivity index (χ3n) is 3.47. The molecule has 2 heteroatoms. The van der Waals surface area contributed by atoms with Gasteiger partial charge in [0.25, 0.3) is 11.4 Å². The molecule has 2 atom stereocenters. The Bertz CT molecular complexity index is 160. The van der Waals surface area contributed by atoms with E-state index in [1.807, 2.05) is 0 Å². The monoisotopic (exact) mass is 112 g/mol. The van der Waals surface area contributed by atoms with Gasteiger partial charge in [0.1, 0.15) is 13.1 Å². The Morgan fingerprint density at radius 1 is 1.25 bits per heavy atom. The highest BCUT2D eigenvalue weighted by molar-refractivity contribution is 5.17. The van der Waals surface area contributed by atoms with E-state index in [2.05, 4.69) is 13.8 Å². The normalized spacial score (nSPS) is 69.8. The summed E-state index contributed by atoms with van der Waals surface area (Å²) in [7, 11) is 0. The molecule has 0 aromatic rings. The summed E-state index contributed by atoms with van der Waals surface area (Å²) >= 11 is 0. The van der Waals surface area contributed by atoms with Gasteiger partial charge in [-0.15, -0.1) is 0 Å². The number of hydrogen-bond acceptors (Lipinski definition) is 1. The zero-order valence-electron chi connectivity index (χ0n) is 5.27. The molecule has 8 heavy (non-hydrogen) atoms. The third-order valence-corrected chi connectivity index (χ3v) is 3.47. The summed E-state index contributed by atoms with van der Waals surface area (Å²) in [5.74, 6) is 0. The van der Waals surface area contributed by atoms with Crippen LogP contribution in [0.3, 0.4) is 0 Å². The minimum Gasteiger partial charge on any atom is -0.254 e. The van der Waals surface area contributed by atoms with E-state index in [1.165, 1.54) is 17.6 Å². The van der Waals surface area contributed by atoms with E-state index in [9.17, 15) is 0 Å². The number of ether oxygens (including phenoxy) is 1. The van der Waals surface area contributed by atoms with Crippen molar-refractivity contribution in [2.45, 2.75) is 25.3 Å². The fourth-order valence-corrected chi connectivity index (χ4v) is 2.35. The third kappa shape index (κ3) is 0.125. The van der Waals surface area contributed by atoms with Crippen molar-refractivity contribution in [1.29, 1.82) is 0 Å². The first-order valence-corrected chi connectivity index (χ1v) is 3.24. The standard InChI is InChI=1S/C6H10NO/c1-5-6(2,8-5)7(5)3-4-7/h3-4H2,1-2H3/q+1. The smallest absolute Gasteiger partial charge is 0.254 e. The average Bonchev–Trinajstić information content (AvgIpc) is 2.46. The van der Waals surface area contributed by atoms with Crippen molar-refractivity contribution in [3.8, 4) is 0 Å². The van der Waals surface area contributed by atoms with Gasteiger partial charge in [-0.25, -0.2) is 4.48 Å². The largest absolute Gasteiger partial charge is 0.291 e. The topological polar surface area (TPSA) is 12.5 Å². The first kappa shape index (κ1) is 3.85. The lowest BCUT2D eigenvalue weighted by atomic mass is 10.4. The van der Waals surface area contributed by atoms with Crippen molar-refractivity contribution in [3.63, 3.8) is 0 Å². The van der Waals surface area contributed by atoms with Crippen molar-refractivity contribution in [2.24, 2.45) is 0 Å². The van der Waals surface area contributed by atoms with Crippen molar-refractivity contribution in [2.75, 3.05) is 13.1 Å². The second kappa shape index (κ2) is 0.554. The van der Waals surface area contributed by atoms with Crippen molar-refractivity contribution in [1.82, 2.24) is 0 Å². The van der Waals surface area contributed by atoms with Crippen LogP contribution in [0.2, 0.25) is 0 Å². The Kier molecular flexibility index (Phi) is 0.267. The molecule has 0 aromatic carbocycles. The van der Waals surface area contributed by atoms with Crippen LogP contribution in [0.25, 0.3) is 0 Å². The first-order chi connectivity index (χ1) is 3.66. The average molecular weight is 112 g/mol. The number of nitrogens with zero attached hydrogens (tertiary/aromatic N) is 1. The van der Waals surface area contributed by atoms with Gasteiger partial charge in [-0.05, 0) is 0 Å². The lowest BCUT2D eigenvalue weighted by Gasteiger charge is -2.04. The fraction of sp³-hybridized carbons (Fsp3) is 1.00. The number of rotatable bonds is 0. The molecule has 3 rings (SSSR count). The molecule has 0 saturated carbocycles. The summed E-state index contributed by atoms with van der Waals surface area (Å²) in [5.41, 5.74) is 0.597. The number of quaternary nitrogens is 1. The predicted molar refractivity (Wildman–Crippen MR) is 27.9 cm³/mol. The maximum Gasteiger partial charge on any atom is 0.291 e. The van der Waals surface area contributed by atoms with Gasteiger partial charge in [0.2, 0.25) is 0 Å². The molecule has 0 bridgehead atoms. The second-order valence-corrected chi connectivity index (χ2v) is 3.48. The molecule has 1 spiro atoms. The van der Waals surface area contributed by atoms with Crippen LogP contribution in [-0.2, 0) is 4.74 Å². The number of fused-ring (bicyclic) bond motifs is 3. The minimum atomic E-state index is 0.299. The summed E-state index contributed by atoms with van der Waals surface area (Å²) in [5, 5.41) is 0. The molecule has 3 saturated heterocycles. The van der Waals surface area contributed by atoms with E-state index in [0.717, 1.165) is 0 Å². The molecule has 0 aliphatic carbocycles. The molecule has 0 N–H and O–H groups in total. The Labute approximate surface area is 48.6 Å². The van der Waals surface area contributed by atoms with Crippen LogP contribution in [-0.4, -0.2) is 29.0 Å². The maximum atomic E-state index is 5.43. The molecular weight excluding hydrogens is 102 g/mol. The molecule has 2 nitrogen and oxygen atoms in total. The van der Waals surface area contributed by atoms with Gasteiger partial charge in [0.15, 0.2) is 0 Å². The van der Waals surface area contributed by atoms with Gasteiger partial charge < -0.3 is 0 Å². The van der Waals surface area contributed by atoms with Gasteiger partial charge in [-0.1, -0.05) is 0 Å². The van der Waals surface area contributed by atoms with Gasteiger partial charge in [0.05, 0.1) is 0 Å². The van der Waals surface area contributed by atoms with Gasteiger partial charge in [0, 0.05) is 13.8 Å². The van der Waals surface area contributed by atoms with Crippen molar-refractivity contribution < 1.29 is 9.22 Å². The zero-order chi connectivity index (χ0) is 5.62. The minimum absolute atomic E-state index is 0.299. The molecule has 44 valence electrons. The number of hydrogen-bond donors (Lipinski definition) is 0. The van der Waals surface area contributed by atoms with E-state index in [1.54, 1.807) is 0 Å². The molecule has 3 aliphatic rings. The molecule has 0 amide bonds. The van der Waals surface area contributed by atoms with E-state index < -0.39 is 0 Å². The number of epoxide rings is 1. The van der Waals surface area contributed by atoms with Crippen LogP contribution in [0.5, 0.6) is 0 Å². The molecule has 0 aromatic heterocycles. The maximum absolute atomic E-state index is 5.43. The molecule has 3 heterocycles. The Morgan fingerprint density at radius 3 is 1.75 bits per heavy atom. The van der Waals surface area contributed by atoms with E-state index in [-0.39, 0.29) is 0 Å². The molecule has 3 fully saturated rings. The Morgan fingerprint density at radius 2 is 1.75 bits per heavy atom. The van der Waals surface area contributed by atoms with E-state index >= 15 is 0 Å². The predicted octanol–water partition coefficient (Wildman–Crippen LogP) is 0.293. The van der Waals surface area contributed by atoms with Crippen LogP contribution in [0.15, 0.2) is 0 Å². The highest BCUT2D eigenvalue weighted by atomic mass is 16.8. The first-order valence-electron chi connectivity index (χ1n) is 3.24. The van der Waals surface area contributed by atoms with E-state index in [0.29, 0.717) is 11.4 Å². The SMILES string of the molecule is CC12OC1(C)[N+]21CC1. The van der Waals surface area contributed by atoms with Gasteiger partial charge >= 0.3 is 0 Å². The van der Waals surface area contributed by atoms with Gasteiger partial charge in [-0.3, -0.25) is 4.74 Å². The highest BCUT2D eigenvalue weighted by Crippen LogP contribution is 2.80. The Balaban J connectivity index is 2.14. The zero-order valence-corrected chi connectivity index (χ0v) is 5.27. The lowest BCUT2D eigenvalue weighted by Crippen LogP contribution is -2.21. The van der Waals surface area contributed by atoms with Crippen LogP contribution < -0.4 is 0 Å². The van der Waals surface area contributed by atoms with Gasteiger partial charge in [-0.2, -0.15) is 0 Å². The second-order valence-electron chi connectivity index (χ2n) is 3.48. The summed E-state index contributed by atoms with van der Waals surface area (Å²) in [6.45, 7) is 7.18. The molecule has 0 radical (unpaired) electrons. The van der Waals surface area contributed by atoms with E-state index in [4.69, 9.17) is 4.74 Å². The fourth-order valence-electron chi connectivity index (χ4n) is 2.35. The van der Waals surface area contributed by atoms with Crippen molar-refractivity contribution in [3.05, 3.63) is 0 Å². The van der Waals surface area contributed by atoms with Crippen LogP contribution >= 0.6 is 0 Å². The summed E-state index contributed by atoms with van der Waals surface area (Å²) in [4.78, 5) is 0. The molecule has 2 unspecified atom stereocenters. The summed E-state index contributed by atoms with van der Waals surface area (Å²) < 4.78 is 6.72. The lowest BCUT2D eigenvalue weighted by molar-refractivity contribution is -0.806. The van der Waals surface area contributed by atoms with Crippen molar-refractivity contribution >= 4 is 0 Å².